The minimum atomic E-state index is -0.865. The van der Waals surface area contributed by atoms with E-state index in [4.69, 9.17) is 9.47 Å². The first-order chi connectivity index (χ1) is 15.1. The van der Waals surface area contributed by atoms with Crippen molar-refractivity contribution in [2.75, 3.05) is 12.4 Å². The maximum atomic E-state index is 12.7. The quantitative estimate of drug-likeness (QED) is 0.486. The molecular weight excluding hydrogens is 432 g/mol. The number of esters is 1. The molecule has 0 saturated heterocycles. The average molecular weight is 457 g/mol. The first-order valence-electron chi connectivity index (χ1n) is 10.3. The zero-order chi connectivity index (χ0) is 21.8. The van der Waals surface area contributed by atoms with Gasteiger partial charge in [0.1, 0.15) is 10.6 Å². The Morgan fingerprint density at radius 3 is 2.84 bits per heavy atom. The zero-order valence-electron chi connectivity index (χ0n) is 17.5. The van der Waals surface area contributed by atoms with Gasteiger partial charge in [0.25, 0.3) is 5.91 Å². The minimum Gasteiger partial charge on any atom is -0.497 e. The first kappa shape index (κ1) is 21.5. The fourth-order valence-corrected chi connectivity index (χ4v) is 5.39. The highest BCUT2D eigenvalue weighted by Crippen LogP contribution is 2.31. The second-order valence-corrected chi connectivity index (χ2v) is 9.32. The number of anilines is 1. The molecule has 162 valence electrons. The number of rotatable bonds is 7. The highest BCUT2D eigenvalue weighted by atomic mass is 32.1. The molecule has 6 nitrogen and oxygen atoms in total. The van der Waals surface area contributed by atoms with Gasteiger partial charge in [-0.2, -0.15) is 0 Å². The van der Waals surface area contributed by atoms with Gasteiger partial charge in [-0.15, -0.1) is 22.7 Å². The Morgan fingerprint density at radius 1 is 1.23 bits per heavy atom. The van der Waals surface area contributed by atoms with E-state index in [2.05, 4.69) is 10.3 Å². The third-order valence-corrected chi connectivity index (χ3v) is 7.18. The van der Waals surface area contributed by atoms with Crippen LogP contribution in [-0.4, -0.2) is 30.1 Å². The predicted octanol–water partition coefficient (Wildman–Crippen LogP) is 5.33. The normalized spacial score (nSPS) is 13.9. The van der Waals surface area contributed by atoms with Crippen LogP contribution in [0.25, 0.3) is 11.3 Å². The van der Waals surface area contributed by atoms with Gasteiger partial charge in [-0.3, -0.25) is 10.1 Å². The third kappa shape index (κ3) is 4.97. The van der Waals surface area contributed by atoms with Crippen molar-refractivity contribution in [3.8, 4) is 17.0 Å². The van der Waals surface area contributed by atoms with E-state index < -0.39 is 12.1 Å². The van der Waals surface area contributed by atoms with Crippen LogP contribution in [0, 0.1) is 0 Å². The molecule has 0 bridgehead atoms. The van der Waals surface area contributed by atoms with Gasteiger partial charge < -0.3 is 9.47 Å². The van der Waals surface area contributed by atoms with Crippen molar-refractivity contribution < 1.29 is 19.1 Å². The highest BCUT2D eigenvalue weighted by molar-refractivity contribution is 7.14. The second kappa shape index (κ2) is 9.62. The molecule has 1 atom stereocenters. The lowest BCUT2D eigenvalue weighted by Gasteiger charge is -2.14. The molecule has 0 saturated carbocycles. The van der Waals surface area contributed by atoms with E-state index in [1.165, 1.54) is 33.1 Å². The van der Waals surface area contributed by atoms with Crippen molar-refractivity contribution in [1.29, 1.82) is 0 Å². The number of nitrogens with one attached hydrogen (secondary N) is 1. The fourth-order valence-electron chi connectivity index (χ4n) is 3.53. The molecule has 1 N–H and O–H groups in total. The summed E-state index contributed by atoms with van der Waals surface area (Å²) in [5, 5.41) is 5.11. The molecule has 0 aliphatic heterocycles. The molecule has 31 heavy (non-hydrogen) atoms. The van der Waals surface area contributed by atoms with E-state index in [1.54, 1.807) is 7.11 Å². The number of hydrogen-bond donors (Lipinski definition) is 1. The van der Waals surface area contributed by atoms with Crippen LogP contribution in [0.15, 0.2) is 35.7 Å². The number of benzene rings is 1. The maximum Gasteiger partial charge on any atom is 0.349 e. The molecule has 3 aromatic rings. The van der Waals surface area contributed by atoms with E-state index in [-0.39, 0.29) is 5.91 Å². The number of nitrogens with zero attached hydrogens (tertiary/aromatic N) is 1. The van der Waals surface area contributed by atoms with Crippen LogP contribution in [0.5, 0.6) is 5.75 Å². The van der Waals surface area contributed by atoms with Gasteiger partial charge in [-0.05, 0) is 55.9 Å². The number of ether oxygens (including phenoxy) is 2. The molecule has 2 aromatic heterocycles. The van der Waals surface area contributed by atoms with Crippen molar-refractivity contribution in [3.63, 3.8) is 0 Å². The van der Waals surface area contributed by atoms with Crippen molar-refractivity contribution in [1.82, 2.24) is 4.98 Å². The van der Waals surface area contributed by atoms with E-state index >= 15 is 0 Å². The van der Waals surface area contributed by atoms with Gasteiger partial charge in [0, 0.05) is 15.8 Å². The average Bonchev–Trinajstić information content (AvgIpc) is 3.44. The summed E-state index contributed by atoms with van der Waals surface area (Å²) in [7, 11) is 1.61. The van der Waals surface area contributed by atoms with Crippen LogP contribution in [0.4, 0.5) is 5.13 Å². The lowest BCUT2D eigenvalue weighted by Crippen LogP contribution is -2.31. The highest BCUT2D eigenvalue weighted by Gasteiger charge is 2.25. The molecule has 2 heterocycles. The van der Waals surface area contributed by atoms with Crippen LogP contribution < -0.4 is 10.1 Å². The Bertz CT molecular complexity index is 1070. The van der Waals surface area contributed by atoms with Crippen LogP contribution in [0.2, 0.25) is 0 Å². The Kier molecular flexibility index (Phi) is 6.67. The monoisotopic (exact) mass is 456 g/mol. The Hall–Kier alpha value is -2.71. The van der Waals surface area contributed by atoms with Gasteiger partial charge in [-0.1, -0.05) is 19.1 Å². The Morgan fingerprint density at radius 2 is 2.06 bits per heavy atom. The molecule has 8 heteroatoms. The van der Waals surface area contributed by atoms with Crippen LogP contribution >= 0.6 is 22.7 Å². The number of fused-ring (bicyclic) bond motifs is 1. The number of thiazole rings is 1. The molecule has 1 aromatic carbocycles. The summed E-state index contributed by atoms with van der Waals surface area (Å²) in [6.07, 6.45) is 3.87. The number of hydrogen-bond acceptors (Lipinski definition) is 7. The number of amides is 1. The topological polar surface area (TPSA) is 77.5 Å². The molecule has 0 spiro atoms. The number of methoxy groups -OCH3 is 1. The van der Waals surface area contributed by atoms with Crippen LogP contribution in [0.3, 0.4) is 0 Å². The number of carbonyl (C=O) groups is 2. The van der Waals surface area contributed by atoms with Crippen LogP contribution in [-0.2, 0) is 22.4 Å². The molecule has 1 aliphatic carbocycles. The van der Waals surface area contributed by atoms with Gasteiger partial charge in [0.05, 0.1) is 12.8 Å². The largest absolute Gasteiger partial charge is 0.497 e. The van der Waals surface area contributed by atoms with Crippen molar-refractivity contribution in [2.24, 2.45) is 0 Å². The summed E-state index contributed by atoms with van der Waals surface area (Å²) in [4.78, 5) is 31.7. The number of aromatic nitrogens is 1. The number of thiophene rings is 1. The lowest BCUT2D eigenvalue weighted by molar-refractivity contribution is -0.124. The summed E-state index contributed by atoms with van der Waals surface area (Å²) < 4.78 is 10.8. The first-order valence-corrected chi connectivity index (χ1v) is 12.0. The van der Waals surface area contributed by atoms with Gasteiger partial charge >= 0.3 is 5.97 Å². The van der Waals surface area contributed by atoms with E-state index in [0.717, 1.165) is 42.7 Å². The summed E-state index contributed by atoms with van der Waals surface area (Å²) >= 11 is 2.81. The Labute approximate surface area is 189 Å². The SMILES string of the molecule is CCC(OC(=O)c1cc2c(s1)CCCC2)C(=O)Nc1nc(-c2cccc(OC)c2)cs1. The number of carbonyl (C=O) groups excluding carboxylic acids is 2. The zero-order valence-corrected chi connectivity index (χ0v) is 19.1. The molecule has 1 aliphatic rings. The van der Waals surface area contributed by atoms with Crippen molar-refractivity contribution in [2.45, 2.75) is 45.1 Å². The standard InChI is InChI=1S/C23H24N2O4S2/c1-3-18(29-22(27)20-12-15-7-4-5-10-19(15)31-20)21(26)25-23-24-17(13-30-23)14-8-6-9-16(11-14)28-2/h6,8-9,11-13,18H,3-5,7,10H2,1-2H3,(H,24,25,26). The van der Waals surface area contributed by atoms with Crippen molar-refractivity contribution in [3.05, 3.63) is 51.0 Å². The summed E-state index contributed by atoms with van der Waals surface area (Å²) in [5.41, 5.74) is 2.89. The molecule has 4 rings (SSSR count). The molecule has 1 unspecified atom stereocenters. The number of aryl methyl sites for hydroxylation is 2. The van der Waals surface area contributed by atoms with E-state index in [9.17, 15) is 9.59 Å². The Balaban J connectivity index is 1.40. The van der Waals surface area contributed by atoms with Gasteiger partial charge in [0.15, 0.2) is 11.2 Å². The van der Waals surface area contributed by atoms with Gasteiger partial charge in [-0.25, -0.2) is 9.78 Å². The summed E-state index contributed by atoms with van der Waals surface area (Å²) in [6.45, 7) is 1.82. The smallest absolute Gasteiger partial charge is 0.349 e. The van der Waals surface area contributed by atoms with Gasteiger partial charge in [0.2, 0.25) is 0 Å². The molecule has 0 radical (unpaired) electrons. The second-order valence-electron chi connectivity index (χ2n) is 7.33. The summed E-state index contributed by atoms with van der Waals surface area (Å²) in [6, 6.07) is 9.50. The lowest BCUT2D eigenvalue weighted by atomic mass is 9.99. The van der Waals surface area contributed by atoms with Crippen molar-refractivity contribution >= 4 is 39.7 Å². The molecular formula is C23H24N2O4S2. The summed E-state index contributed by atoms with van der Waals surface area (Å²) in [5.74, 6) is -0.0642. The van der Waals surface area contributed by atoms with E-state index in [1.807, 2.05) is 42.6 Å². The third-order valence-electron chi connectivity index (χ3n) is 5.21. The van der Waals surface area contributed by atoms with Crippen LogP contribution in [0.1, 0.15) is 46.3 Å². The van der Waals surface area contributed by atoms with E-state index in [0.29, 0.717) is 16.4 Å². The fraction of sp³-hybridized carbons (Fsp3) is 0.348. The molecule has 1 amide bonds. The minimum absolute atomic E-state index is 0.372. The maximum absolute atomic E-state index is 12.7. The predicted molar refractivity (Wildman–Crippen MR) is 123 cm³/mol. The molecule has 0 fully saturated rings.